The minimum Gasteiger partial charge on any atom is -0.372 e. The van der Waals surface area contributed by atoms with Crippen molar-refractivity contribution in [2.24, 2.45) is 0 Å². The molecule has 19 heavy (non-hydrogen) atoms. The van der Waals surface area contributed by atoms with Gasteiger partial charge in [0.15, 0.2) is 5.65 Å². The molecule has 2 heterocycles. The van der Waals surface area contributed by atoms with E-state index in [-0.39, 0.29) is 0 Å². The average molecular weight is 253 g/mol. The van der Waals surface area contributed by atoms with Crippen molar-refractivity contribution in [1.29, 1.82) is 0 Å². The molecule has 0 spiro atoms. The quantitative estimate of drug-likeness (QED) is 0.762. The van der Waals surface area contributed by atoms with Gasteiger partial charge in [0.25, 0.3) is 0 Å². The average Bonchev–Trinajstić information content (AvgIpc) is 2.82. The first-order valence-electron chi connectivity index (χ1n) is 6.15. The van der Waals surface area contributed by atoms with Crippen LogP contribution >= 0.6 is 0 Å². The van der Waals surface area contributed by atoms with Crippen molar-refractivity contribution in [1.82, 2.24) is 19.7 Å². The van der Waals surface area contributed by atoms with E-state index in [1.165, 1.54) is 11.1 Å². The Labute approximate surface area is 111 Å². The highest BCUT2D eigenvalue weighted by atomic mass is 15.3. The number of rotatable bonds is 2. The Bertz CT molecular complexity index is 745. The second-order valence-electron chi connectivity index (χ2n) is 4.56. The Balaban J connectivity index is 2.26. The smallest absolute Gasteiger partial charge is 0.168 e. The maximum Gasteiger partial charge on any atom is 0.168 e. The molecule has 0 unspecified atom stereocenters. The lowest BCUT2D eigenvalue weighted by atomic mass is 10.1. The van der Waals surface area contributed by atoms with Crippen LogP contribution in [-0.2, 0) is 0 Å². The van der Waals surface area contributed by atoms with Gasteiger partial charge in [0.2, 0.25) is 0 Å². The first-order chi connectivity index (χ1) is 9.20. The Morgan fingerprint density at radius 2 is 2.00 bits per heavy atom. The molecule has 0 aliphatic rings. The van der Waals surface area contributed by atoms with Crippen LogP contribution < -0.4 is 5.32 Å². The van der Waals surface area contributed by atoms with Crippen molar-refractivity contribution in [2.75, 3.05) is 12.4 Å². The van der Waals surface area contributed by atoms with Gasteiger partial charge in [-0.05, 0) is 25.5 Å². The predicted octanol–water partition coefficient (Wildman–Crippen LogP) is 2.47. The first kappa shape index (κ1) is 11.6. The molecular weight excluding hydrogens is 238 g/mol. The summed E-state index contributed by atoms with van der Waals surface area (Å²) in [7, 11) is 1.84. The molecule has 0 aliphatic heterocycles. The largest absolute Gasteiger partial charge is 0.372 e. The zero-order valence-corrected chi connectivity index (χ0v) is 11.2. The van der Waals surface area contributed by atoms with E-state index in [0.717, 1.165) is 22.5 Å². The molecule has 1 N–H and O–H groups in total. The van der Waals surface area contributed by atoms with E-state index in [9.17, 15) is 0 Å². The molecule has 0 bridgehead atoms. The molecule has 0 aliphatic carbocycles. The second kappa shape index (κ2) is 4.35. The number of hydrogen-bond donors (Lipinski definition) is 1. The van der Waals surface area contributed by atoms with Crippen LogP contribution in [0.15, 0.2) is 30.7 Å². The van der Waals surface area contributed by atoms with Crippen molar-refractivity contribution < 1.29 is 0 Å². The molecule has 2 aromatic heterocycles. The van der Waals surface area contributed by atoms with Gasteiger partial charge in [-0.1, -0.05) is 17.7 Å². The SMILES string of the molecule is CNc1ncnc2c1cnn2-c1ccc(C)cc1C. The van der Waals surface area contributed by atoms with E-state index in [2.05, 4.69) is 52.4 Å². The Morgan fingerprint density at radius 1 is 1.16 bits per heavy atom. The molecule has 0 amide bonds. The maximum absolute atomic E-state index is 4.44. The van der Waals surface area contributed by atoms with E-state index in [1.807, 2.05) is 11.7 Å². The number of aromatic nitrogens is 4. The third kappa shape index (κ3) is 1.83. The summed E-state index contributed by atoms with van der Waals surface area (Å²) in [4.78, 5) is 8.53. The van der Waals surface area contributed by atoms with Crippen molar-refractivity contribution in [3.63, 3.8) is 0 Å². The number of nitrogens with one attached hydrogen (secondary N) is 1. The molecule has 5 heteroatoms. The molecule has 1 aromatic carbocycles. The van der Waals surface area contributed by atoms with Gasteiger partial charge in [0, 0.05) is 7.05 Å². The van der Waals surface area contributed by atoms with E-state index in [1.54, 1.807) is 12.5 Å². The number of aryl methyl sites for hydroxylation is 2. The molecule has 96 valence electrons. The van der Waals surface area contributed by atoms with Crippen molar-refractivity contribution in [3.8, 4) is 5.69 Å². The van der Waals surface area contributed by atoms with E-state index >= 15 is 0 Å². The molecule has 0 radical (unpaired) electrons. The molecule has 0 saturated carbocycles. The summed E-state index contributed by atoms with van der Waals surface area (Å²) >= 11 is 0. The summed E-state index contributed by atoms with van der Waals surface area (Å²) in [5, 5.41) is 8.41. The lowest BCUT2D eigenvalue weighted by Gasteiger charge is -2.08. The van der Waals surface area contributed by atoms with Gasteiger partial charge in [-0.3, -0.25) is 0 Å². The molecule has 0 atom stereocenters. The highest BCUT2D eigenvalue weighted by Gasteiger charge is 2.11. The van der Waals surface area contributed by atoms with Gasteiger partial charge in [-0.15, -0.1) is 0 Å². The van der Waals surface area contributed by atoms with E-state index in [0.29, 0.717) is 0 Å². The van der Waals surface area contributed by atoms with Crippen LogP contribution in [0.2, 0.25) is 0 Å². The number of anilines is 1. The number of benzene rings is 1. The topological polar surface area (TPSA) is 55.6 Å². The summed E-state index contributed by atoms with van der Waals surface area (Å²) in [6, 6.07) is 6.29. The summed E-state index contributed by atoms with van der Waals surface area (Å²) in [6.07, 6.45) is 3.34. The van der Waals surface area contributed by atoms with Crippen molar-refractivity contribution >= 4 is 16.9 Å². The van der Waals surface area contributed by atoms with Crippen LogP contribution in [-0.4, -0.2) is 26.8 Å². The van der Waals surface area contributed by atoms with E-state index < -0.39 is 0 Å². The summed E-state index contributed by atoms with van der Waals surface area (Å²) in [5.41, 5.74) is 4.27. The normalized spacial score (nSPS) is 10.9. The molecule has 5 nitrogen and oxygen atoms in total. The maximum atomic E-state index is 4.44. The summed E-state index contributed by atoms with van der Waals surface area (Å²) < 4.78 is 1.85. The van der Waals surface area contributed by atoms with Crippen LogP contribution in [0.3, 0.4) is 0 Å². The standard InChI is InChI=1S/C14H15N5/c1-9-4-5-12(10(2)6-9)19-14-11(7-18-19)13(15-3)16-8-17-14/h4-8H,1-3H3,(H,15,16,17). The number of hydrogen-bond acceptors (Lipinski definition) is 4. The number of fused-ring (bicyclic) bond motifs is 1. The summed E-state index contributed by atoms with van der Waals surface area (Å²) in [6.45, 7) is 4.16. The fourth-order valence-electron chi connectivity index (χ4n) is 2.26. The zero-order valence-electron chi connectivity index (χ0n) is 11.2. The van der Waals surface area contributed by atoms with Crippen LogP contribution in [0, 0.1) is 13.8 Å². The number of nitrogens with zero attached hydrogens (tertiary/aromatic N) is 4. The molecule has 0 fully saturated rings. The lowest BCUT2D eigenvalue weighted by Crippen LogP contribution is -2.01. The highest BCUT2D eigenvalue weighted by molar-refractivity contribution is 5.87. The highest BCUT2D eigenvalue weighted by Crippen LogP contribution is 2.23. The molecule has 3 aromatic rings. The van der Waals surface area contributed by atoms with Crippen LogP contribution in [0.1, 0.15) is 11.1 Å². The minimum atomic E-state index is 0.793. The van der Waals surface area contributed by atoms with Gasteiger partial charge in [-0.2, -0.15) is 5.10 Å². The Kier molecular flexibility index (Phi) is 2.67. The van der Waals surface area contributed by atoms with Gasteiger partial charge in [0.05, 0.1) is 17.3 Å². The molecule has 0 saturated heterocycles. The van der Waals surface area contributed by atoms with Gasteiger partial charge in [0.1, 0.15) is 12.1 Å². The Morgan fingerprint density at radius 3 is 2.74 bits per heavy atom. The predicted molar refractivity (Wildman–Crippen MR) is 75.7 cm³/mol. The van der Waals surface area contributed by atoms with Crippen LogP contribution in [0.4, 0.5) is 5.82 Å². The van der Waals surface area contributed by atoms with Crippen molar-refractivity contribution in [2.45, 2.75) is 13.8 Å². The molecule has 3 rings (SSSR count). The monoisotopic (exact) mass is 253 g/mol. The fraction of sp³-hybridized carbons (Fsp3) is 0.214. The minimum absolute atomic E-state index is 0.793. The Hall–Kier alpha value is -2.43. The van der Waals surface area contributed by atoms with Crippen LogP contribution in [0.25, 0.3) is 16.7 Å². The van der Waals surface area contributed by atoms with Crippen LogP contribution in [0.5, 0.6) is 0 Å². The first-order valence-corrected chi connectivity index (χ1v) is 6.15. The van der Waals surface area contributed by atoms with Crippen molar-refractivity contribution in [3.05, 3.63) is 41.9 Å². The fourth-order valence-corrected chi connectivity index (χ4v) is 2.26. The lowest BCUT2D eigenvalue weighted by molar-refractivity contribution is 0.886. The van der Waals surface area contributed by atoms with Gasteiger partial charge < -0.3 is 5.32 Å². The van der Waals surface area contributed by atoms with E-state index in [4.69, 9.17) is 0 Å². The summed E-state index contributed by atoms with van der Waals surface area (Å²) in [5.74, 6) is 0.793. The zero-order chi connectivity index (χ0) is 13.4. The molecular formula is C14H15N5. The van der Waals surface area contributed by atoms with Gasteiger partial charge in [-0.25, -0.2) is 14.6 Å². The second-order valence-corrected chi connectivity index (χ2v) is 4.56. The van der Waals surface area contributed by atoms with Gasteiger partial charge >= 0.3 is 0 Å². The third-order valence-electron chi connectivity index (χ3n) is 3.18. The third-order valence-corrected chi connectivity index (χ3v) is 3.18.